The number of amides is 2. The monoisotopic (exact) mass is 329 g/mol. The van der Waals surface area contributed by atoms with E-state index in [4.69, 9.17) is 4.74 Å². The van der Waals surface area contributed by atoms with Gasteiger partial charge in [-0.15, -0.1) is 0 Å². The summed E-state index contributed by atoms with van der Waals surface area (Å²) >= 11 is 0. The molecule has 0 bridgehead atoms. The number of hydrogen-bond acceptors (Lipinski definition) is 4. The lowest BCUT2D eigenvalue weighted by Gasteiger charge is -2.16. The number of fused-ring (bicyclic) bond motifs is 1. The van der Waals surface area contributed by atoms with Gasteiger partial charge in [0.15, 0.2) is 0 Å². The van der Waals surface area contributed by atoms with E-state index in [1.165, 1.54) is 0 Å². The standard InChI is InChI=1S/C18H23N3O3/c1-21(12-17(22)19-9-10-24-2)13-18(23)20-16-8-7-14-5-3-4-6-15(14)11-16/h3-8,11H,9-10,12-13H2,1-2H3,(H,19,22)(H,20,23). The van der Waals surface area contributed by atoms with Crippen molar-refractivity contribution in [2.75, 3.05) is 45.7 Å². The number of nitrogens with zero attached hydrogens (tertiary/aromatic N) is 1. The zero-order chi connectivity index (χ0) is 17.4. The molecule has 2 N–H and O–H groups in total. The molecule has 0 saturated carbocycles. The van der Waals surface area contributed by atoms with Crippen LogP contribution >= 0.6 is 0 Å². The summed E-state index contributed by atoms with van der Waals surface area (Å²) in [5.41, 5.74) is 0.747. The molecule has 0 aliphatic heterocycles. The van der Waals surface area contributed by atoms with E-state index in [0.717, 1.165) is 16.5 Å². The van der Waals surface area contributed by atoms with Crippen LogP contribution in [-0.2, 0) is 14.3 Å². The van der Waals surface area contributed by atoms with Crippen LogP contribution in [0.25, 0.3) is 10.8 Å². The highest BCUT2D eigenvalue weighted by Gasteiger charge is 2.10. The summed E-state index contributed by atoms with van der Waals surface area (Å²) in [6.45, 7) is 1.24. The molecule has 2 aromatic carbocycles. The Morgan fingerprint density at radius 1 is 1.04 bits per heavy atom. The second-order valence-corrected chi connectivity index (χ2v) is 5.63. The molecule has 0 radical (unpaired) electrons. The minimum absolute atomic E-state index is 0.131. The van der Waals surface area contributed by atoms with Crippen LogP contribution in [0.3, 0.4) is 0 Å². The fourth-order valence-electron chi connectivity index (χ4n) is 2.36. The number of likely N-dealkylation sites (N-methyl/N-ethyl adjacent to an activating group) is 1. The number of carbonyl (C=O) groups is 2. The van der Waals surface area contributed by atoms with E-state index in [0.29, 0.717) is 13.2 Å². The van der Waals surface area contributed by atoms with Crippen molar-refractivity contribution in [3.8, 4) is 0 Å². The third kappa shape index (κ3) is 5.64. The van der Waals surface area contributed by atoms with Gasteiger partial charge in [0, 0.05) is 19.3 Å². The highest BCUT2D eigenvalue weighted by atomic mass is 16.5. The maximum atomic E-state index is 12.1. The summed E-state index contributed by atoms with van der Waals surface area (Å²) in [5.74, 6) is -0.287. The summed E-state index contributed by atoms with van der Waals surface area (Å²) in [5, 5.41) is 7.77. The summed E-state index contributed by atoms with van der Waals surface area (Å²) in [7, 11) is 3.31. The molecule has 0 aliphatic rings. The molecule has 0 aliphatic carbocycles. The Labute approximate surface area is 141 Å². The summed E-state index contributed by atoms with van der Waals surface area (Å²) < 4.78 is 4.87. The van der Waals surface area contributed by atoms with Crippen LogP contribution in [0.15, 0.2) is 42.5 Å². The van der Waals surface area contributed by atoms with Crippen LogP contribution in [0.1, 0.15) is 0 Å². The van der Waals surface area contributed by atoms with Gasteiger partial charge in [-0.2, -0.15) is 0 Å². The first-order valence-corrected chi connectivity index (χ1v) is 7.81. The lowest BCUT2D eigenvalue weighted by atomic mass is 10.1. The molecule has 128 valence electrons. The molecule has 2 amide bonds. The highest BCUT2D eigenvalue weighted by molar-refractivity contribution is 5.95. The molecule has 2 aromatic rings. The largest absolute Gasteiger partial charge is 0.383 e. The second-order valence-electron chi connectivity index (χ2n) is 5.63. The zero-order valence-corrected chi connectivity index (χ0v) is 14.0. The predicted octanol–water partition coefficient (Wildman–Crippen LogP) is 1.47. The van der Waals surface area contributed by atoms with Gasteiger partial charge in [-0.25, -0.2) is 0 Å². The van der Waals surface area contributed by atoms with Gasteiger partial charge in [-0.3, -0.25) is 14.5 Å². The van der Waals surface area contributed by atoms with Crippen LogP contribution in [-0.4, -0.2) is 57.1 Å². The quantitative estimate of drug-likeness (QED) is 0.720. The minimum atomic E-state index is -0.155. The van der Waals surface area contributed by atoms with Crippen molar-refractivity contribution in [2.45, 2.75) is 0 Å². The minimum Gasteiger partial charge on any atom is -0.383 e. The van der Waals surface area contributed by atoms with Gasteiger partial charge in [-0.05, 0) is 30.0 Å². The van der Waals surface area contributed by atoms with E-state index < -0.39 is 0 Å². The number of anilines is 1. The molecule has 0 spiro atoms. The second kappa shape index (κ2) is 9.00. The van der Waals surface area contributed by atoms with Crippen molar-refractivity contribution in [1.29, 1.82) is 0 Å². The maximum absolute atomic E-state index is 12.1. The predicted molar refractivity (Wildman–Crippen MR) is 95.0 cm³/mol. The third-order valence-electron chi connectivity index (χ3n) is 3.49. The van der Waals surface area contributed by atoms with E-state index in [2.05, 4.69) is 10.6 Å². The van der Waals surface area contributed by atoms with Gasteiger partial charge in [0.1, 0.15) is 0 Å². The molecule has 0 heterocycles. The molecule has 6 nitrogen and oxygen atoms in total. The maximum Gasteiger partial charge on any atom is 0.238 e. The molecule has 0 aromatic heterocycles. The van der Waals surface area contributed by atoms with E-state index in [-0.39, 0.29) is 24.9 Å². The molecule has 6 heteroatoms. The molecular formula is C18H23N3O3. The summed E-state index contributed by atoms with van der Waals surface area (Å²) in [6, 6.07) is 13.7. The zero-order valence-electron chi connectivity index (χ0n) is 14.0. The van der Waals surface area contributed by atoms with Crippen molar-refractivity contribution < 1.29 is 14.3 Å². The number of methoxy groups -OCH3 is 1. The lowest BCUT2D eigenvalue weighted by molar-refractivity contribution is -0.123. The van der Waals surface area contributed by atoms with Gasteiger partial charge in [0.05, 0.1) is 19.7 Å². The number of rotatable bonds is 8. The first-order chi connectivity index (χ1) is 11.6. The van der Waals surface area contributed by atoms with Crippen LogP contribution in [0, 0.1) is 0 Å². The van der Waals surface area contributed by atoms with Crippen molar-refractivity contribution in [3.63, 3.8) is 0 Å². The van der Waals surface area contributed by atoms with Crippen molar-refractivity contribution in [2.24, 2.45) is 0 Å². The average molecular weight is 329 g/mol. The van der Waals surface area contributed by atoms with Gasteiger partial charge in [0.2, 0.25) is 11.8 Å². The van der Waals surface area contributed by atoms with Crippen LogP contribution in [0.5, 0.6) is 0 Å². The topological polar surface area (TPSA) is 70.7 Å². The fourth-order valence-corrected chi connectivity index (χ4v) is 2.36. The summed E-state index contributed by atoms with van der Waals surface area (Å²) in [4.78, 5) is 25.4. The van der Waals surface area contributed by atoms with Gasteiger partial charge >= 0.3 is 0 Å². The SMILES string of the molecule is COCCNC(=O)CN(C)CC(=O)Nc1ccc2ccccc2c1. The van der Waals surface area contributed by atoms with Crippen molar-refractivity contribution in [3.05, 3.63) is 42.5 Å². The van der Waals surface area contributed by atoms with E-state index >= 15 is 0 Å². The van der Waals surface area contributed by atoms with Crippen LogP contribution in [0.4, 0.5) is 5.69 Å². The smallest absolute Gasteiger partial charge is 0.238 e. The van der Waals surface area contributed by atoms with Gasteiger partial charge in [0.25, 0.3) is 0 Å². The normalized spacial score (nSPS) is 10.8. The van der Waals surface area contributed by atoms with E-state index in [1.807, 2.05) is 42.5 Å². The van der Waals surface area contributed by atoms with Crippen LogP contribution < -0.4 is 10.6 Å². The Kier molecular flexibility index (Phi) is 6.72. The molecule has 0 fully saturated rings. The number of nitrogens with one attached hydrogen (secondary N) is 2. The number of hydrogen-bond donors (Lipinski definition) is 2. The third-order valence-corrected chi connectivity index (χ3v) is 3.49. The molecule has 0 atom stereocenters. The number of benzene rings is 2. The van der Waals surface area contributed by atoms with E-state index in [1.54, 1.807) is 19.1 Å². The Morgan fingerprint density at radius 2 is 1.75 bits per heavy atom. The van der Waals surface area contributed by atoms with Gasteiger partial charge in [-0.1, -0.05) is 30.3 Å². The molecule has 0 unspecified atom stereocenters. The molecule has 0 saturated heterocycles. The summed E-state index contributed by atoms with van der Waals surface area (Å²) in [6.07, 6.45) is 0. The molecule has 24 heavy (non-hydrogen) atoms. The van der Waals surface area contributed by atoms with E-state index in [9.17, 15) is 9.59 Å². The Balaban J connectivity index is 1.82. The van der Waals surface area contributed by atoms with Crippen molar-refractivity contribution >= 4 is 28.3 Å². The first kappa shape index (κ1) is 17.9. The van der Waals surface area contributed by atoms with Crippen LogP contribution in [0.2, 0.25) is 0 Å². The van der Waals surface area contributed by atoms with Gasteiger partial charge < -0.3 is 15.4 Å². The first-order valence-electron chi connectivity index (χ1n) is 7.81. The molecule has 2 rings (SSSR count). The number of ether oxygens (including phenoxy) is 1. The Hall–Kier alpha value is -2.44. The number of carbonyl (C=O) groups excluding carboxylic acids is 2. The van der Waals surface area contributed by atoms with Crippen molar-refractivity contribution in [1.82, 2.24) is 10.2 Å². The highest BCUT2D eigenvalue weighted by Crippen LogP contribution is 2.18. The fraction of sp³-hybridized carbons (Fsp3) is 0.333. The Bertz CT molecular complexity index is 703. The lowest BCUT2D eigenvalue weighted by Crippen LogP contribution is -2.39. The molecular weight excluding hydrogens is 306 g/mol. The Morgan fingerprint density at radius 3 is 2.50 bits per heavy atom. The average Bonchev–Trinajstić information content (AvgIpc) is 2.54.